The van der Waals surface area contributed by atoms with Gasteiger partial charge in [-0.25, -0.2) is 15.0 Å². The van der Waals surface area contributed by atoms with Crippen molar-refractivity contribution in [2.75, 3.05) is 37.5 Å². The quantitative estimate of drug-likeness (QED) is 0.629. The maximum Gasteiger partial charge on any atom is 0.354 e. The molecule has 0 atom stereocenters. The van der Waals surface area contributed by atoms with E-state index in [0.29, 0.717) is 11.7 Å². The minimum absolute atomic E-state index is 0.0669. The van der Waals surface area contributed by atoms with E-state index in [1.54, 1.807) is 19.1 Å². The van der Waals surface area contributed by atoms with Crippen LogP contribution in [0.3, 0.4) is 0 Å². The zero-order valence-corrected chi connectivity index (χ0v) is 15.1. The van der Waals surface area contributed by atoms with Gasteiger partial charge in [0.2, 0.25) is 11.6 Å². The zero-order valence-electron chi connectivity index (χ0n) is 15.1. The SMILES string of the molecule is CN(C)Nc1ncnc(N2CCC(Cc3ccccc3)CC2)c1[N+](=O)[O-]. The maximum absolute atomic E-state index is 11.6. The number of aromatic nitrogens is 2. The lowest BCUT2D eigenvalue weighted by Gasteiger charge is -2.32. The number of nitrogens with one attached hydrogen (secondary N) is 1. The van der Waals surface area contributed by atoms with E-state index >= 15 is 0 Å². The molecule has 1 N–H and O–H groups in total. The Balaban J connectivity index is 1.72. The summed E-state index contributed by atoms with van der Waals surface area (Å²) in [6.07, 6.45) is 4.41. The largest absolute Gasteiger partial charge is 0.354 e. The van der Waals surface area contributed by atoms with Gasteiger partial charge in [0, 0.05) is 27.2 Å². The Labute approximate surface area is 153 Å². The van der Waals surface area contributed by atoms with Crippen molar-refractivity contribution >= 4 is 17.3 Å². The van der Waals surface area contributed by atoms with Crippen molar-refractivity contribution in [2.24, 2.45) is 5.92 Å². The third-order valence-electron chi connectivity index (χ3n) is 4.60. The molecule has 1 saturated heterocycles. The molecule has 1 aliphatic rings. The van der Waals surface area contributed by atoms with Crippen LogP contribution in [0.15, 0.2) is 36.7 Å². The Bertz CT molecular complexity index is 745. The molecule has 26 heavy (non-hydrogen) atoms. The van der Waals surface area contributed by atoms with E-state index in [1.165, 1.54) is 11.9 Å². The first-order valence-corrected chi connectivity index (χ1v) is 8.77. The van der Waals surface area contributed by atoms with Crippen LogP contribution in [-0.4, -0.2) is 47.1 Å². The van der Waals surface area contributed by atoms with Gasteiger partial charge >= 0.3 is 5.69 Å². The molecule has 138 valence electrons. The van der Waals surface area contributed by atoms with Crippen LogP contribution in [-0.2, 0) is 6.42 Å². The van der Waals surface area contributed by atoms with Crippen LogP contribution in [0, 0.1) is 16.0 Å². The van der Waals surface area contributed by atoms with Crippen molar-refractivity contribution in [3.05, 3.63) is 52.3 Å². The van der Waals surface area contributed by atoms with Crippen molar-refractivity contribution in [3.63, 3.8) is 0 Å². The lowest BCUT2D eigenvalue weighted by atomic mass is 9.90. The van der Waals surface area contributed by atoms with Gasteiger partial charge in [-0.3, -0.25) is 15.5 Å². The van der Waals surface area contributed by atoms with Gasteiger partial charge in [0.15, 0.2) is 0 Å². The number of nitrogens with zero attached hydrogens (tertiary/aromatic N) is 5. The number of rotatable bonds is 6. The zero-order chi connectivity index (χ0) is 18.5. The highest BCUT2D eigenvalue weighted by atomic mass is 16.6. The highest BCUT2D eigenvalue weighted by Crippen LogP contribution is 2.34. The molecule has 1 aromatic carbocycles. The fraction of sp³-hybridized carbons (Fsp3) is 0.444. The number of hydrazine groups is 1. The monoisotopic (exact) mass is 356 g/mol. The van der Waals surface area contributed by atoms with Gasteiger partial charge in [0.05, 0.1) is 4.92 Å². The highest BCUT2D eigenvalue weighted by molar-refractivity contribution is 5.70. The second-order valence-electron chi connectivity index (χ2n) is 6.78. The summed E-state index contributed by atoms with van der Waals surface area (Å²) in [5, 5.41) is 13.2. The molecular formula is C18H24N6O2. The summed E-state index contributed by atoms with van der Waals surface area (Å²) in [6, 6.07) is 10.5. The number of benzene rings is 1. The minimum atomic E-state index is -0.406. The third-order valence-corrected chi connectivity index (χ3v) is 4.60. The summed E-state index contributed by atoms with van der Waals surface area (Å²) in [5.41, 5.74) is 4.17. The van der Waals surface area contributed by atoms with Crippen molar-refractivity contribution in [1.29, 1.82) is 0 Å². The number of hydrogen-bond donors (Lipinski definition) is 1. The molecule has 0 amide bonds. The Kier molecular flexibility index (Phi) is 5.62. The third kappa shape index (κ3) is 4.26. The van der Waals surface area contributed by atoms with E-state index in [-0.39, 0.29) is 11.5 Å². The van der Waals surface area contributed by atoms with E-state index in [0.717, 1.165) is 32.4 Å². The van der Waals surface area contributed by atoms with Crippen molar-refractivity contribution < 1.29 is 4.92 Å². The van der Waals surface area contributed by atoms with Crippen molar-refractivity contribution in [1.82, 2.24) is 15.0 Å². The molecule has 1 aliphatic heterocycles. The Morgan fingerprint density at radius 3 is 2.54 bits per heavy atom. The first kappa shape index (κ1) is 18.1. The molecule has 0 unspecified atom stereocenters. The molecule has 3 rings (SSSR count). The number of hydrogen-bond acceptors (Lipinski definition) is 7. The number of nitro groups is 1. The molecule has 0 bridgehead atoms. The van der Waals surface area contributed by atoms with Gasteiger partial charge in [-0.05, 0) is 30.7 Å². The van der Waals surface area contributed by atoms with Crippen LogP contribution in [0.4, 0.5) is 17.3 Å². The van der Waals surface area contributed by atoms with E-state index in [1.807, 2.05) is 11.0 Å². The van der Waals surface area contributed by atoms with Gasteiger partial charge in [0.25, 0.3) is 0 Å². The Hall–Kier alpha value is -2.74. The Morgan fingerprint density at radius 2 is 1.92 bits per heavy atom. The normalized spacial score (nSPS) is 15.3. The van der Waals surface area contributed by atoms with Crippen LogP contribution >= 0.6 is 0 Å². The smallest absolute Gasteiger partial charge is 0.351 e. The van der Waals surface area contributed by atoms with Crippen LogP contribution < -0.4 is 10.3 Å². The molecule has 8 nitrogen and oxygen atoms in total. The fourth-order valence-corrected chi connectivity index (χ4v) is 3.36. The predicted molar refractivity (Wildman–Crippen MR) is 101 cm³/mol. The molecule has 0 radical (unpaired) electrons. The van der Waals surface area contributed by atoms with Gasteiger partial charge in [-0.15, -0.1) is 0 Å². The molecule has 1 aromatic heterocycles. The van der Waals surface area contributed by atoms with Gasteiger partial charge in [-0.2, -0.15) is 0 Å². The summed E-state index contributed by atoms with van der Waals surface area (Å²) < 4.78 is 0. The topological polar surface area (TPSA) is 87.4 Å². The van der Waals surface area contributed by atoms with Gasteiger partial charge in [0.1, 0.15) is 6.33 Å². The van der Waals surface area contributed by atoms with Crippen LogP contribution in [0.25, 0.3) is 0 Å². The first-order valence-electron chi connectivity index (χ1n) is 8.77. The molecule has 2 aromatic rings. The molecule has 8 heteroatoms. The summed E-state index contributed by atoms with van der Waals surface area (Å²) in [6.45, 7) is 1.52. The van der Waals surface area contributed by atoms with Crippen LogP contribution in [0.1, 0.15) is 18.4 Å². The number of piperidine rings is 1. The lowest BCUT2D eigenvalue weighted by molar-refractivity contribution is -0.383. The number of anilines is 2. The summed E-state index contributed by atoms with van der Waals surface area (Å²) in [4.78, 5) is 21.5. The Morgan fingerprint density at radius 1 is 1.23 bits per heavy atom. The summed E-state index contributed by atoms with van der Waals surface area (Å²) in [7, 11) is 3.53. The molecule has 0 aliphatic carbocycles. The first-order chi connectivity index (χ1) is 12.5. The molecule has 0 spiro atoms. The lowest BCUT2D eigenvalue weighted by Crippen LogP contribution is -2.35. The second-order valence-corrected chi connectivity index (χ2v) is 6.78. The van der Waals surface area contributed by atoms with E-state index in [4.69, 9.17) is 0 Å². The van der Waals surface area contributed by atoms with Crippen molar-refractivity contribution in [3.8, 4) is 0 Å². The second kappa shape index (κ2) is 8.09. The fourth-order valence-electron chi connectivity index (χ4n) is 3.36. The predicted octanol–water partition coefficient (Wildman–Crippen LogP) is 2.73. The standard InChI is InChI=1S/C18H24N6O2/c1-22(2)21-17-16(24(25)26)18(20-13-19-17)23-10-8-15(9-11-23)12-14-6-4-3-5-7-14/h3-7,13,15H,8-12H2,1-2H3,(H,19,20,21). The van der Waals surface area contributed by atoms with Crippen LogP contribution in [0.2, 0.25) is 0 Å². The minimum Gasteiger partial charge on any atom is -0.351 e. The molecular weight excluding hydrogens is 332 g/mol. The summed E-state index contributed by atoms with van der Waals surface area (Å²) in [5.74, 6) is 1.21. The average Bonchev–Trinajstić information content (AvgIpc) is 2.62. The molecule has 0 saturated carbocycles. The van der Waals surface area contributed by atoms with Crippen LogP contribution in [0.5, 0.6) is 0 Å². The average molecular weight is 356 g/mol. The molecule has 1 fully saturated rings. The van der Waals surface area contributed by atoms with Crippen molar-refractivity contribution in [2.45, 2.75) is 19.3 Å². The molecule has 2 heterocycles. The van der Waals surface area contributed by atoms with E-state index < -0.39 is 4.92 Å². The maximum atomic E-state index is 11.6. The van der Waals surface area contributed by atoms with E-state index in [2.05, 4.69) is 39.7 Å². The van der Waals surface area contributed by atoms with E-state index in [9.17, 15) is 10.1 Å². The van der Waals surface area contributed by atoms with Gasteiger partial charge < -0.3 is 4.90 Å². The van der Waals surface area contributed by atoms with Gasteiger partial charge in [-0.1, -0.05) is 30.3 Å². The highest BCUT2D eigenvalue weighted by Gasteiger charge is 2.30. The summed E-state index contributed by atoms with van der Waals surface area (Å²) >= 11 is 0.